The van der Waals surface area contributed by atoms with Gasteiger partial charge in [0, 0.05) is 18.9 Å². The van der Waals surface area contributed by atoms with E-state index in [0.29, 0.717) is 24.7 Å². The molecular formula is C12H18N4O2S2. The third-order valence-corrected chi connectivity index (χ3v) is 1.87. The van der Waals surface area contributed by atoms with Crippen molar-refractivity contribution >= 4 is 35.3 Å². The molecule has 0 fully saturated rings. The Labute approximate surface area is 129 Å². The van der Waals surface area contributed by atoms with Crippen LogP contribution in [-0.2, 0) is 11.3 Å². The summed E-state index contributed by atoms with van der Waals surface area (Å²) in [6, 6.07) is 5.77. The predicted octanol–water partition coefficient (Wildman–Crippen LogP) is 2.02. The molecule has 0 radical (unpaired) electrons. The monoisotopic (exact) mass is 314 g/mol. The van der Waals surface area contributed by atoms with Crippen molar-refractivity contribution in [3.8, 4) is 6.07 Å². The lowest BCUT2D eigenvalue weighted by Gasteiger charge is -2.07. The Morgan fingerprint density at radius 2 is 2.30 bits per heavy atom. The minimum absolute atomic E-state index is 0. The number of carbonyl (C=O) groups is 1. The van der Waals surface area contributed by atoms with E-state index in [0.717, 1.165) is 5.56 Å². The average molecular weight is 314 g/mol. The Morgan fingerprint density at radius 3 is 2.80 bits per heavy atom. The van der Waals surface area contributed by atoms with Gasteiger partial charge in [0.2, 0.25) is 0 Å². The molecule has 0 spiro atoms. The summed E-state index contributed by atoms with van der Waals surface area (Å²) in [7, 11) is 0. The largest absolute Gasteiger partial charge is 0.470 e. The summed E-state index contributed by atoms with van der Waals surface area (Å²) in [5, 5.41) is 10.9. The van der Waals surface area contributed by atoms with E-state index < -0.39 is 5.24 Å². The minimum Gasteiger partial charge on any atom is -0.470 e. The molecule has 1 amide bonds. The predicted molar refractivity (Wildman–Crippen MR) is 85.2 cm³/mol. The van der Waals surface area contributed by atoms with Gasteiger partial charge in [-0.3, -0.25) is 9.78 Å². The molecule has 0 unspecified atom stereocenters. The summed E-state index contributed by atoms with van der Waals surface area (Å²) in [5.41, 5.74) is 5.37. The zero-order chi connectivity index (χ0) is 14.5. The van der Waals surface area contributed by atoms with Gasteiger partial charge in [0.1, 0.15) is 6.61 Å². The average Bonchev–Trinajstić information content (AvgIpc) is 2.37. The number of nitrogens with zero attached hydrogens (tertiary/aromatic N) is 2. The zero-order valence-electron chi connectivity index (χ0n) is 10.1. The molecule has 6 nitrogen and oxygen atoms in total. The molecule has 3 N–H and O–H groups in total. The number of nitrogens with one attached hydrogen (secondary N) is 1. The van der Waals surface area contributed by atoms with E-state index in [4.69, 9.17) is 27.0 Å². The molecule has 20 heavy (non-hydrogen) atoms. The van der Waals surface area contributed by atoms with Crippen molar-refractivity contribution in [2.24, 2.45) is 5.73 Å². The molecule has 0 bridgehead atoms. The van der Waals surface area contributed by atoms with E-state index in [1.165, 1.54) is 0 Å². The maximum absolute atomic E-state index is 9.09. The first-order valence-corrected chi connectivity index (χ1v) is 6.06. The van der Waals surface area contributed by atoms with Crippen LogP contribution in [0, 0.1) is 11.3 Å². The van der Waals surface area contributed by atoms with E-state index >= 15 is 0 Å². The van der Waals surface area contributed by atoms with Crippen LogP contribution >= 0.6 is 24.8 Å². The number of ether oxygens (including phenoxy) is 1. The van der Waals surface area contributed by atoms with Crippen LogP contribution in [0.3, 0.4) is 0 Å². The van der Waals surface area contributed by atoms with Gasteiger partial charge in [-0.15, -0.1) is 0 Å². The Hall–Kier alpha value is -1.85. The second kappa shape index (κ2) is 13.6. The molecule has 1 heterocycles. The van der Waals surface area contributed by atoms with Crippen molar-refractivity contribution in [2.45, 2.75) is 20.4 Å². The maximum atomic E-state index is 9.09. The number of rotatable bonds is 4. The molecule has 110 valence electrons. The van der Waals surface area contributed by atoms with E-state index in [9.17, 15) is 0 Å². The highest BCUT2D eigenvalue weighted by Gasteiger charge is 1.96. The first-order valence-electron chi connectivity index (χ1n) is 5.21. The van der Waals surface area contributed by atoms with Crippen molar-refractivity contribution in [3.63, 3.8) is 0 Å². The van der Waals surface area contributed by atoms with Crippen molar-refractivity contribution in [1.29, 1.82) is 5.26 Å². The third-order valence-electron chi connectivity index (χ3n) is 1.61. The summed E-state index contributed by atoms with van der Waals surface area (Å²) in [4.78, 5) is 13.1. The van der Waals surface area contributed by atoms with Gasteiger partial charge in [-0.2, -0.15) is 5.26 Å². The van der Waals surface area contributed by atoms with Crippen LogP contribution in [0.5, 0.6) is 0 Å². The number of hydrogen-bond donors (Lipinski definition) is 3. The Morgan fingerprint density at radius 1 is 1.65 bits per heavy atom. The lowest BCUT2D eigenvalue weighted by molar-refractivity contribution is 0.267. The number of primary amides is 1. The molecule has 0 atom stereocenters. The molecule has 1 aromatic heterocycles. The van der Waals surface area contributed by atoms with E-state index in [2.05, 4.69) is 28.7 Å². The fourth-order valence-corrected chi connectivity index (χ4v) is 1.07. The highest BCUT2D eigenvalue weighted by atomic mass is 32.1. The standard InChI is InChI=1S/C10H11N3OS.CH3NOS.CH4/c11-4-2-6-14-10(15)13-8-9-3-1-5-12-7-9;2-1(3)4;/h1,3,5,7H,2,6,8H2,(H,13,15);(H3,2,3,4);1H4. The van der Waals surface area contributed by atoms with Gasteiger partial charge in [-0.1, -0.05) is 26.1 Å². The van der Waals surface area contributed by atoms with Gasteiger partial charge in [-0.05, 0) is 23.8 Å². The van der Waals surface area contributed by atoms with Crippen molar-refractivity contribution in [3.05, 3.63) is 30.1 Å². The molecule has 0 aliphatic heterocycles. The van der Waals surface area contributed by atoms with Crippen LogP contribution in [0.4, 0.5) is 4.79 Å². The van der Waals surface area contributed by atoms with E-state index in [1.807, 2.05) is 18.2 Å². The van der Waals surface area contributed by atoms with Gasteiger partial charge in [-0.25, -0.2) is 0 Å². The lowest BCUT2D eigenvalue weighted by atomic mass is 10.3. The van der Waals surface area contributed by atoms with Crippen LogP contribution in [0.1, 0.15) is 19.4 Å². The molecule has 1 aromatic rings. The second-order valence-corrected chi connectivity index (χ2v) is 3.91. The molecular weight excluding hydrogens is 296 g/mol. The molecule has 8 heteroatoms. The number of nitrogens with two attached hydrogens (primary N) is 1. The van der Waals surface area contributed by atoms with Crippen LogP contribution in [0.2, 0.25) is 0 Å². The minimum atomic E-state index is -0.639. The molecule has 0 aromatic carbocycles. The van der Waals surface area contributed by atoms with E-state index in [-0.39, 0.29) is 7.43 Å². The van der Waals surface area contributed by atoms with Gasteiger partial charge < -0.3 is 15.8 Å². The summed E-state index contributed by atoms with van der Waals surface area (Å²) in [6.07, 6.45) is 3.81. The van der Waals surface area contributed by atoms with Crippen molar-refractivity contribution in [1.82, 2.24) is 10.3 Å². The molecule has 0 saturated carbocycles. The molecule has 0 aliphatic carbocycles. The quantitative estimate of drug-likeness (QED) is 0.446. The number of nitriles is 1. The van der Waals surface area contributed by atoms with Gasteiger partial charge in [0.15, 0.2) is 0 Å². The highest BCUT2D eigenvalue weighted by Crippen LogP contribution is 1.94. The van der Waals surface area contributed by atoms with Gasteiger partial charge >= 0.3 is 0 Å². The summed E-state index contributed by atoms with van der Waals surface area (Å²) in [6.45, 7) is 0.911. The summed E-state index contributed by atoms with van der Waals surface area (Å²) >= 11 is 8.01. The maximum Gasteiger partial charge on any atom is 0.273 e. The Bertz CT molecular complexity index is 431. The Kier molecular flexibility index (Phi) is 13.9. The number of thiol groups is 1. The van der Waals surface area contributed by atoms with Crippen molar-refractivity contribution < 1.29 is 9.53 Å². The van der Waals surface area contributed by atoms with Gasteiger partial charge in [0.25, 0.3) is 10.4 Å². The molecule has 0 aliphatic rings. The smallest absolute Gasteiger partial charge is 0.273 e. The number of aromatic nitrogens is 1. The SMILES string of the molecule is C.N#CCCOC(=S)NCc1cccnc1.NC(=O)S. The summed E-state index contributed by atoms with van der Waals surface area (Å²) in [5.74, 6) is 0. The van der Waals surface area contributed by atoms with Crippen LogP contribution < -0.4 is 11.1 Å². The highest BCUT2D eigenvalue weighted by molar-refractivity contribution is 7.96. The van der Waals surface area contributed by atoms with Gasteiger partial charge in [0.05, 0.1) is 12.5 Å². The third kappa shape index (κ3) is 14.2. The van der Waals surface area contributed by atoms with Crippen LogP contribution in [0.25, 0.3) is 0 Å². The van der Waals surface area contributed by atoms with Crippen molar-refractivity contribution in [2.75, 3.05) is 6.61 Å². The second-order valence-electron chi connectivity index (χ2n) is 3.10. The lowest BCUT2D eigenvalue weighted by Crippen LogP contribution is -2.23. The number of thiocarbonyl (C=S) groups is 1. The zero-order valence-corrected chi connectivity index (χ0v) is 11.8. The van der Waals surface area contributed by atoms with Crippen LogP contribution in [0.15, 0.2) is 24.5 Å². The molecule has 0 saturated heterocycles. The first-order chi connectivity index (χ1) is 9.06. The van der Waals surface area contributed by atoms with Crippen LogP contribution in [-0.4, -0.2) is 22.0 Å². The number of hydrogen-bond acceptors (Lipinski definition) is 5. The fourth-order valence-electron chi connectivity index (χ4n) is 0.917. The first kappa shape index (κ1) is 20.5. The number of pyridine rings is 1. The molecule has 1 rings (SSSR count). The topological polar surface area (TPSA) is 101 Å². The number of amides is 1. The summed E-state index contributed by atoms with van der Waals surface area (Å²) < 4.78 is 5.08. The van der Waals surface area contributed by atoms with E-state index in [1.54, 1.807) is 12.4 Å². The number of carbonyl (C=O) groups excluding carboxylic acids is 1. The Balaban J connectivity index is 0. The fraction of sp³-hybridized carbons (Fsp3) is 0.333. The normalized spacial score (nSPS) is 8.00.